The summed E-state index contributed by atoms with van der Waals surface area (Å²) in [6.07, 6.45) is 6.29. The van der Waals surface area contributed by atoms with E-state index in [9.17, 15) is 4.79 Å². The predicted octanol–water partition coefficient (Wildman–Crippen LogP) is 3.85. The van der Waals surface area contributed by atoms with Gasteiger partial charge in [-0.3, -0.25) is 4.79 Å². The van der Waals surface area contributed by atoms with Crippen molar-refractivity contribution in [3.63, 3.8) is 0 Å². The Morgan fingerprint density at radius 1 is 1.36 bits per heavy atom. The molecule has 118 valence electrons. The van der Waals surface area contributed by atoms with Crippen molar-refractivity contribution in [3.05, 3.63) is 16.8 Å². The molecule has 1 amide bonds. The Morgan fingerprint density at radius 3 is 2.82 bits per heavy atom. The van der Waals surface area contributed by atoms with Crippen LogP contribution in [0.2, 0.25) is 0 Å². The number of aromatic nitrogens is 2. The van der Waals surface area contributed by atoms with Crippen LogP contribution in [-0.4, -0.2) is 27.2 Å². The van der Waals surface area contributed by atoms with Crippen molar-refractivity contribution in [2.45, 2.75) is 62.8 Å². The van der Waals surface area contributed by atoms with Crippen LogP contribution >= 0.6 is 23.1 Å². The average molecular weight is 335 g/mol. The van der Waals surface area contributed by atoms with E-state index in [1.165, 1.54) is 35.0 Å². The number of thioether (sulfide) groups is 1. The molecule has 0 bridgehead atoms. The van der Waals surface area contributed by atoms with Crippen LogP contribution in [-0.2, 0) is 4.79 Å². The van der Waals surface area contributed by atoms with Crippen LogP contribution in [0.3, 0.4) is 0 Å². The lowest BCUT2D eigenvalue weighted by Gasteiger charge is -2.16. The molecule has 1 fully saturated rings. The molecule has 4 nitrogen and oxygen atoms in total. The Balaban J connectivity index is 1.76. The first-order valence-corrected chi connectivity index (χ1v) is 9.43. The monoisotopic (exact) mass is 335 g/mol. The minimum atomic E-state index is -0.140. The Labute approximate surface area is 139 Å². The maximum absolute atomic E-state index is 12.4. The fraction of sp³-hybridized carbons (Fsp3) is 0.562. The third kappa shape index (κ3) is 3.13. The Hall–Kier alpha value is -1.14. The molecule has 1 aliphatic rings. The molecule has 0 radical (unpaired) electrons. The average Bonchev–Trinajstić information content (AvgIpc) is 3.08. The topological polar surface area (TPSA) is 54.9 Å². The van der Waals surface area contributed by atoms with E-state index >= 15 is 0 Å². The number of nitrogens with zero attached hydrogens (tertiary/aromatic N) is 2. The molecule has 1 N–H and O–H groups in total. The third-order valence-corrected chi connectivity index (χ3v) is 6.51. The van der Waals surface area contributed by atoms with Crippen LogP contribution in [0, 0.1) is 13.8 Å². The van der Waals surface area contributed by atoms with E-state index in [4.69, 9.17) is 0 Å². The molecule has 3 rings (SSSR count). The summed E-state index contributed by atoms with van der Waals surface area (Å²) in [5.41, 5.74) is 1.23. The first-order chi connectivity index (χ1) is 10.6. The number of amides is 1. The Morgan fingerprint density at radius 2 is 2.09 bits per heavy atom. The molecule has 22 heavy (non-hydrogen) atoms. The molecule has 0 spiro atoms. The van der Waals surface area contributed by atoms with Gasteiger partial charge in [0.1, 0.15) is 16.2 Å². The zero-order chi connectivity index (χ0) is 15.7. The van der Waals surface area contributed by atoms with E-state index < -0.39 is 0 Å². The van der Waals surface area contributed by atoms with Crippen molar-refractivity contribution in [1.29, 1.82) is 0 Å². The summed E-state index contributed by atoms with van der Waals surface area (Å²) in [6, 6.07) is 0.367. The van der Waals surface area contributed by atoms with Gasteiger partial charge in [0.15, 0.2) is 0 Å². The van der Waals surface area contributed by atoms with Crippen molar-refractivity contribution in [3.8, 4) is 0 Å². The normalized spacial score (nSPS) is 17.0. The van der Waals surface area contributed by atoms with Crippen LogP contribution in [0.25, 0.3) is 10.2 Å². The highest BCUT2D eigenvalue weighted by atomic mass is 32.2. The number of rotatable bonds is 4. The summed E-state index contributed by atoms with van der Waals surface area (Å²) in [4.78, 5) is 23.4. The maximum Gasteiger partial charge on any atom is 0.233 e. The lowest BCUT2D eigenvalue weighted by Crippen LogP contribution is -2.37. The molecule has 0 aliphatic heterocycles. The van der Waals surface area contributed by atoms with Gasteiger partial charge in [-0.15, -0.1) is 11.3 Å². The predicted molar refractivity (Wildman–Crippen MR) is 92.6 cm³/mol. The molecule has 2 aromatic rings. The lowest BCUT2D eigenvalue weighted by molar-refractivity contribution is -0.120. The number of fused-ring (bicyclic) bond motifs is 1. The summed E-state index contributed by atoms with van der Waals surface area (Å²) in [5, 5.41) is 5.05. The summed E-state index contributed by atoms with van der Waals surface area (Å²) in [6.45, 7) is 6.16. The smallest absolute Gasteiger partial charge is 0.233 e. The molecule has 1 saturated carbocycles. The van der Waals surface area contributed by atoms with Crippen molar-refractivity contribution in [2.24, 2.45) is 0 Å². The number of hydrogen-bond donors (Lipinski definition) is 1. The van der Waals surface area contributed by atoms with Gasteiger partial charge in [-0.1, -0.05) is 24.6 Å². The third-order valence-electron chi connectivity index (χ3n) is 4.29. The van der Waals surface area contributed by atoms with Crippen molar-refractivity contribution in [1.82, 2.24) is 15.3 Å². The van der Waals surface area contributed by atoms with Crippen molar-refractivity contribution < 1.29 is 4.79 Å². The van der Waals surface area contributed by atoms with Gasteiger partial charge in [0.05, 0.1) is 5.25 Å². The number of thiophene rings is 1. The molecule has 2 heterocycles. The molecule has 0 saturated heterocycles. The minimum absolute atomic E-state index is 0.119. The number of carbonyl (C=O) groups is 1. The second kappa shape index (κ2) is 6.54. The number of nitrogens with one attached hydrogen (secondary N) is 1. The van der Waals surface area contributed by atoms with Gasteiger partial charge in [-0.2, -0.15) is 0 Å². The van der Waals surface area contributed by atoms with Crippen molar-refractivity contribution >= 4 is 39.2 Å². The van der Waals surface area contributed by atoms with Crippen LogP contribution < -0.4 is 5.32 Å². The zero-order valence-electron chi connectivity index (χ0n) is 13.2. The Bertz CT molecular complexity index is 692. The maximum atomic E-state index is 12.4. The van der Waals surface area contributed by atoms with Crippen LogP contribution in [0.1, 0.15) is 43.0 Å². The molecule has 6 heteroatoms. The number of hydrogen-bond acceptors (Lipinski definition) is 5. The van der Waals surface area contributed by atoms with Gasteiger partial charge in [-0.05, 0) is 39.2 Å². The fourth-order valence-electron chi connectivity index (χ4n) is 2.85. The SMILES string of the molecule is Cc1sc2ncnc(SC(C)C(=O)NC3CCCC3)c2c1C. The molecule has 1 aliphatic carbocycles. The van der Waals surface area contributed by atoms with Crippen LogP contribution in [0.15, 0.2) is 11.4 Å². The van der Waals surface area contributed by atoms with Gasteiger partial charge >= 0.3 is 0 Å². The number of carbonyl (C=O) groups excluding carboxylic acids is 1. The van der Waals surface area contributed by atoms with Gasteiger partial charge < -0.3 is 5.32 Å². The summed E-state index contributed by atoms with van der Waals surface area (Å²) in [5.74, 6) is 0.119. The van der Waals surface area contributed by atoms with E-state index in [1.54, 1.807) is 17.7 Å². The van der Waals surface area contributed by atoms with Gasteiger partial charge in [0, 0.05) is 16.3 Å². The molecule has 2 aromatic heterocycles. The van der Waals surface area contributed by atoms with Gasteiger partial charge in [0.25, 0.3) is 0 Å². The second-order valence-corrected chi connectivity index (χ2v) is 8.42. The highest BCUT2D eigenvalue weighted by molar-refractivity contribution is 8.00. The first-order valence-electron chi connectivity index (χ1n) is 7.74. The quantitative estimate of drug-likeness (QED) is 0.681. The Kier molecular flexibility index (Phi) is 4.68. The van der Waals surface area contributed by atoms with Gasteiger partial charge in [0.2, 0.25) is 5.91 Å². The zero-order valence-corrected chi connectivity index (χ0v) is 14.8. The highest BCUT2D eigenvalue weighted by Crippen LogP contribution is 2.36. The molecule has 1 unspecified atom stereocenters. The fourth-order valence-corrected chi connectivity index (χ4v) is 4.90. The summed E-state index contributed by atoms with van der Waals surface area (Å²) < 4.78 is 0. The van der Waals surface area contributed by atoms with E-state index in [1.807, 2.05) is 6.92 Å². The number of aryl methyl sites for hydroxylation is 2. The summed E-state index contributed by atoms with van der Waals surface area (Å²) >= 11 is 3.23. The highest BCUT2D eigenvalue weighted by Gasteiger charge is 2.23. The largest absolute Gasteiger partial charge is 0.352 e. The molecular formula is C16H21N3OS2. The van der Waals surface area contributed by atoms with E-state index in [2.05, 4.69) is 29.1 Å². The first kappa shape index (κ1) is 15.7. The van der Waals surface area contributed by atoms with Crippen LogP contribution in [0.4, 0.5) is 0 Å². The van der Waals surface area contributed by atoms with E-state index in [0.717, 1.165) is 28.1 Å². The standard InChI is InChI=1S/C16H21N3OS2/c1-9-10(2)21-15-13(9)16(18-8-17-15)22-11(3)14(20)19-12-6-4-5-7-12/h8,11-12H,4-7H2,1-3H3,(H,19,20). The minimum Gasteiger partial charge on any atom is -0.352 e. The van der Waals surface area contributed by atoms with E-state index in [-0.39, 0.29) is 11.2 Å². The van der Waals surface area contributed by atoms with Crippen LogP contribution in [0.5, 0.6) is 0 Å². The molecule has 0 aromatic carbocycles. The van der Waals surface area contributed by atoms with Crippen molar-refractivity contribution in [2.75, 3.05) is 0 Å². The summed E-state index contributed by atoms with van der Waals surface area (Å²) in [7, 11) is 0. The van der Waals surface area contributed by atoms with Gasteiger partial charge in [-0.25, -0.2) is 9.97 Å². The second-order valence-electron chi connectivity index (χ2n) is 5.89. The molecular weight excluding hydrogens is 314 g/mol. The lowest BCUT2D eigenvalue weighted by atomic mass is 10.2. The molecule has 1 atom stereocenters. The van der Waals surface area contributed by atoms with E-state index in [0.29, 0.717) is 6.04 Å².